The number of aliphatic hydroxyl groups excluding tert-OH is 1. The van der Waals surface area contributed by atoms with Gasteiger partial charge in [-0.2, -0.15) is 26.3 Å². The molecular weight excluding hydrogens is 602 g/mol. The number of rotatable bonds is 8. The fourth-order valence-electron chi connectivity index (χ4n) is 5.14. The first kappa shape index (κ1) is 33.8. The number of allylic oxidation sites excluding steroid dienone is 1. The molecule has 2 atom stereocenters. The van der Waals surface area contributed by atoms with Crippen LogP contribution in [0.1, 0.15) is 73.9 Å². The van der Waals surface area contributed by atoms with Gasteiger partial charge in [0.15, 0.2) is 0 Å². The zero-order valence-electron chi connectivity index (χ0n) is 25.4. The third-order valence-electron chi connectivity index (χ3n) is 7.94. The zero-order valence-corrected chi connectivity index (χ0v) is 25.4. The number of ether oxygens (including phenoxy) is 2. The van der Waals surface area contributed by atoms with Crippen LogP contribution in [0, 0.1) is 0 Å². The number of amides is 1. The van der Waals surface area contributed by atoms with E-state index in [-0.39, 0.29) is 25.6 Å². The fourth-order valence-corrected chi connectivity index (χ4v) is 5.14. The molecule has 3 aromatic rings. The van der Waals surface area contributed by atoms with Gasteiger partial charge in [0, 0.05) is 29.0 Å². The van der Waals surface area contributed by atoms with Crippen LogP contribution in [0.3, 0.4) is 0 Å². The zero-order chi connectivity index (χ0) is 33.5. The SMILES string of the molecule is C=C(C)c1ccc(-c2cc(C(C)(C)CO)ccc2OC)c(CN2C(=O)OC(c3cc(C(F)(F)F)cc(C(F)(F)F)c3)C[C@@H]2C)n1. The van der Waals surface area contributed by atoms with Gasteiger partial charge < -0.3 is 14.6 Å². The van der Waals surface area contributed by atoms with E-state index in [1.807, 2.05) is 32.0 Å². The molecule has 1 fully saturated rings. The lowest BCUT2D eigenvalue weighted by molar-refractivity contribution is -0.143. The maximum absolute atomic E-state index is 13.5. The normalized spacial score (nSPS) is 17.7. The molecule has 0 aliphatic carbocycles. The first-order valence-electron chi connectivity index (χ1n) is 14.1. The van der Waals surface area contributed by atoms with Gasteiger partial charge in [0.2, 0.25) is 0 Å². The van der Waals surface area contributed by atoms with Crippen LogP contribution in [0.5, 0.6) is 5.75 Å². The highest BCUT2D eigenvalue weighted by molar-refractivity contribution is 5.76. The molecule has 0 saturated carbocycles. The Morgan fingerprint density at radius 1 is 1.00 bits per heavy atom. The smallest absolute Gasteiger partial charge is 0.416 e. The van der Waals surface area contributed by atoms with Crippen LogP contribution in [0.25, 0.3) is 16.7 Å². The van der Waals surface area contributed by atoms with Crippen molar-refractivity contribution in [1.29, 1.82) is 0 Å². The Kier molecular flexibility index (Phi) is 9.31. The molecule has 0 spiro atoms. The Hall–Kier alpha value is -4.06. The number of methoxy groups -OCH3 is 1. The Morgan fingerprint density at radius 2 is 1.62 bits per heavy atom. The summed E-state index contributed by atoms with van der Waals surface area (Å²) >= 11 is 0. The third kappa shape index (κ3) is 7.27. The minimum absolute atomic E-state index is 0.0383. The largest absolute Gasteiger partial charge is 0.496 e. The number of nitrogens with zero attached hydrogens (tertiary/aromatic N) is 2. The number of aromatic nitrogens is 1. The van der Waals surface area contributed by atoms with E-state index in [0.29, 0.717) is 46.0 Å². The van der Waals surface area contributed by atoms with Crippen LogP contribution in [0.15, 0.2) is 55.1 Å². The maximum atomic E-state index is 13.5. The van der Waals surface area contributed by atoms with E-state index in [1.54, 1.807) is 26.0 Å². The Bertz CT molecular complexity index is 1570. The van der Waals surface area contributed by atoms with E-state index < -0.39 is 52.7 Å². The highest BCUT2D eigenvalue weighted by Gasteiger charge is 2.40. The van der Waals surface area contributed by atoms with Crippen molar-refractivity contribution in [2.45, 2.75) is 70.6 Å². The minimum Gasteiger partial charge on any atom is -0.496 e. The molecule has 1 aliphatic rings. The average Bonchev–Trinajstić information content (AvgIpc) is 2.97. The minimum atomic E-state index is -5.03. The molecule has 0 radical (unpaired) electrons. The quantitative estimate of drug-likeness (QED) is 0.251. The molecule has 1 saturated heterocycles. The lowest BCUT2D eigenvalue weighted by atomic mass is 9.83. The summed E-state index contributed by atoms with van der Waals surface area (Å²) in [6.45, 7) is 10.9. The van der Waals surface area contributed by atoms with Gasteiger partial charge in [-0.05, 0) is 66.9 Å². The third-order valence-corrected chi connectivity index (χ3v) is 7.94. The van der Waals surface area contributed by atoms with Crippen molar-refractivity contribution >= 4 is 11.7 Å². The summed E-state index contributed by atoms with van der Waals surface area (Å²) in [6, 6.07) is 9.62. The first-order chi connectivity index (χ1) is 20.8. The number of carbonyl (C=O) groups is 1. The molecule has 6 nitrogen and oxygen atoms in total. The summed E-state index contributed by atoms with van der Waals surface area (Å²) in [5.74, 6) is 0.512. The predicted molar refractivity (Wildman–Crippen MR) is 156 cm³/mol. The van der Waals surface area contributed by atoms with Gasteiger partial charge in [-0.25, -0.2) is 4.79 Å². The van der Waals surface area contributed by atoms with Gasteiger partial charge in [0.1, 0.15) is 11.9 Å². The van der Waals surface area contributed by atoms with E-state index in [2.05, 4.69) is 6.58 Å². The van der Waals surface area contributed by atoms with Gasteiger partial charge in [0.05, 0.1) is 42.8 Å². The Morgan fingerprint density at radius 3 is 2.13 bits per heavy atom. The molecule has 1 aliphatic heterocycles. The van der Waals surface area contributed by atoms with Crippen LogP contribution < -0.4 is 4.74 Å². The van der Waals surface area contributed by atoms with Gasteiger partial charge in [0.25, 0.3) is 0 Å². The lowest BCUT2D eigenvalue weighted by Gasteiger charge is -2.37. The topological polar surface area (TPSA) is 71.9 Å². The standard InChI is InChI=1S/C33H34F6N2O4/c1-18(2)26-9-8-24(25-15-21(31(4,5)17-42)7-10-28(25)44-6)27(40-26)16-41-19(3)11-29(45-30(41)43)20-12-22(32(34,35)36)14-23(13-20)33(37,38)39/h7-10,12-15,19,29,42H,1,11,16-17H2,2-6H3/t19-,29?/m0/s1. The number of cyclic esters (lactones) is 1. The second-order valence-electron chi connectivity index (χ2n) is 11.9. The number of hydrogen-bond acceptors (Lipinski definition) is 5. The Balaban J connectivity index is 1.73. The highest BCUT2D eigenvalue weighted by atomic mass is 19.4. The molecule has 12 heteroatoms. The summed E-state index contributed by atoms with van der Waals surface area (Å²) in [4.78, 5) is 19.4. The molecule has 4 rings (SSSR count). The number of pyridine rings is 1. The number of aliphatic hydroxyl groups is 1. The number of halogens is 6. The van der Waals surface area contributed by atoms with Crippen LogP contribution in [0.2, 0.25) is 0 Å². The van der Waals surface area contributed by atoms with Gasteiger partial charge >= 0.3 is 18.4 Å². The maximum Gasteiger partial charge on any atom is 0.416 e. The fraction of sp³-hybridized carbons (Fsp3) is 0.394. The summed E-state index contributed by atoms with van der Waals surface area (Å²) in [6.07, 6.45) is -12.4. The first-order valence-corrected chi connectivity index (χ1v) is 14.1. The van der Waals surface area contributed by atoms with Crippen molar-refractivity contribution in [3.63, 3.8) is 0 Å². The molecule has 1 N–H and O–H groups in total. The molecule has 0 bridgehead atoms. The van der Waals surface area contributed by atoms with E-state index in [1.165, 1.54) is 12.0 Å². The summed E-state index contributed by atoms with van der Waals surface area (Å²) in [5, 5.41) is 9.95. The number of carbonyl (C=O) groups excluding carboxylic acids is 1. The van der Waals surface area contributed by atoms with Crippen LogP contribution in [-0.4, -0.2) is 40.8 Å². The van der Waals surface area contributed by atoms with Gasteiger partial charge in [-0.1, -0.05) is 32.6 Å². The van der Waals surface area contributed by atoms with Crippen molar-refractivity contribution < 1.29 is 45.7 Å². The molecular formula is C33H34F6N2O4. The van der Waals surface area contributed by atoms with Crippen LogP contribution >= 0.6 is 0 Å². The van der Waals surface area contributed by atoms with E-state index in [4.69, 9.17) is 14.5 Å². The van der Waals surface area contributed by atoms with Crippen LogP contribution in [0.4, 0.5) is 31.1 Å². The number of alkyl halides is 6. The lowest BCUT2D eigenvalue weighted by Crippen LogP contribution is -2.44. The molecule has 1 aromatic heterocycles. The van der Waals surface area contributed by atoms with E-state index >= 15 is 0 Å². The molecule has 2 heterocycles. The number of hydrogen-bond donors (Lipinski definition) is 1. The van der Waals surface area contributed by atoms with Crippen molar-refractivity contribution in [3.8, 4) is 16.9 Å². The summed E-state index contributed by atoms with van der Waals surface area (Å²) in [5.41, 5.74) is -0.210. The van der Waals surface area contributed by atoms with E-state index in [0.717, 1.165) is 5.56 Å². The number of benzene rings is 2. The molecule has 1 amide bonds. The van der Waals surface area contributed by atoms with Gasteiger partial charge in [-0.3, -0.25) is 9.88 Å². The van der Waals surface area contributed by atoms with Crippen molar-refractivity contribution in [2.24, 2.45) is 0 Å². The Labute approximate surface area is 257 Å². The second-order valence-corrected chi connectivity index (χ2v) is 11.9. The summed E-state index contributed by atoms with van der Waals surface area (Å²) < 4.78 is 91.9. The molecule has 1 unspecified atom stereocenters. The highest BCUT2D eigenvalue weighted by Crippen LogP contribution is 2.41. The van der Waals surface area contributed by atoms with Crippen molar-refractivity contribution in [3.05, 3.63) is 88.8 Å². The van der Waals surface area contributed by atoms with Gasteiger partial charge in [-0.15, -0.1) is 0 Å². The molecule has 45 heavy (non-hydrogen) atoms. The monoisotopic (exact) mass is 636 g/mol. The second kappa shape index (κ2) is 12.4. The van der Waals surface area contributed by atoms with E-state index in [9.17, 15) is 36.2 Å². The predicted octanol–water partition coefficient (Wildman–Crippen LogP) is 8.57. The summed E-state index contributed by atoms with van der Waals surface area (Å²) in [7, 11) is 1.51. The van der Waals surface area contributed by atoms with Crippen molar-refractivity contribution in [1.82, 2.24) is 9.88 Å². The van der Waals surface area contributed by atoms with Crippen LogP contribution in [-0.2, 0) is 29.0 Å². The molecule has 2 aromatic carbocycles. The molecule has 242 valence electrons. The average molecular weight is 637 g/mol. The van der Waals surface area contributed by atoms with Crippen molar-refractivity contribution in [2.75, 3.05) is 13.7 Å².